The molecule has 5 rings (SSSR count). The minimum atomic E-state index is -0.512. The zero-order chi connectivity index (χ0) is 16.1. The lowest BCUT2D eigenvalue weighted by molar-refractivity contribution is 0.153. The van der Waals surface area contributed by atoms with E-state index in [0.717, 1.165) is 30.0 Å². The zero-order valence-corrected chi connectivity index (χ0v) is 13.2. The number of hydrogen-bond acceptors (Lipinski definition) is 3. The fraction of sp³-hybridized carbons (Fsp3) is 0.250. The molecule has 4 heteroatoms. The number of fused-ring (bicyclic) bond motifs is 4. The Kier molecular flexibility index (Phi) is 3.00. The van der Waals surface area contributed by atoms with Gasteiger partial charge in [0.05, 0.1) is 37.0 Å². The summed E-state index contributed by atoms with van der Waals surface area (Å²) in [5.74, 6) is 0.953. The molecule has 120 valence electrons. The Morgan fingerprint density at radius 2 is 2.17 bits per heavy atom. The van der Waals surface area contributed by atoms with Crippen LogP contribution in [0.5, 0.6) is 5.75 Å². The summed E-state index contributed by atoms with van der Waals surface area (Å²) in [6, 6.07) is 14.6. The van der Waals surface area contributed by atoms with Crippen LogP contribution in [0.4, 0.5) is 0 Å². The number of ether oxygens (including phenoxy) is 1. The molecule has 2 aromatic carbocycles. The van der Waals surface area contributed by atoms with Crippen LogP contribution in [-0.4, -0.2) is 21.3 Å². The van der Waals surface area contributed by atoms with Crippen LogP contribution in [0.25, 0.3) is 11.3 Å². The highest BCUT2D eigenvalue weighted by Crippen LogP contribution is 2.43. The molecule has 1 N–H and O–H groups in total. The summed E-state index contributed by atoms with van der Waals surface area (Å²) in [6.45, 7) is 0.739. The van der Waals surface area contributed by atoms with E-state index < -0.39 is 6.10 Å². The predicted octanol–water partition coefficient (Wildman–Crippen LogP) is 3.51. The van der Waals surface area contributed by atoms with Crippen molar-refractivity contribution in [1.82, 2.24) is 9.55 Å². The van der Waals surface area contributed by atoms with E-state index in [-0.39, 0.29) is 6.04 Å². The lowest BCUT2D eigenvalue weighted by Crippen LogP contribution is -2.10. The average molecular weight is 318 g/mol. The van der Waals surface area contributed by atoms with Gasteiger partial charge in [-0.3, -0.25) is 0 Å². The number of aliphatic hydroxyl groups is 1. The first-order chi connectivity index (χ1) is 11.8. The molecule has 3 heterocycles. The molecule has 0 radical (unpaired) electrons. The first-order valence-corrected chi connectivity index (χ1v) is 8.36. The molecule has 0 saturated heterocycles. The van der Waals surface area contributed by atoms with E-state index in [9.17, 15) is 5.11 Å². The zero-order valence-electron chi connectivity index (χ0n) is 13.2. The molecular formula is C20H18N2O2. The maximum atomic E-state index is 10.8. The fourth-order valence-corrected chi connectivity index (χ4v) is 3.93. The van der Waals surface area contributed by atoms with Gasteiger partial charge in [0.1, 0.15) is 5.75 Å². The number of benzene rings is 2. The van der Waals surface area contributed by atoms with Gasteiger partial charge in [-0.15, -0.1) is 0 Å². The summed E-state index contributed by atoms with van der Waals surface area (Å²) in [5, 5.41) is 10.8. The van der Waals surface area contributed by atoms with E-state index in [0.29, 0.717) is 6.42 Å². The molecular weight excluding hydrogens is 300 g/mol. The Morgan fingerprint density at radius 3 is 3.12 bits per heavy atom. The van der Waals surface area contributed by atoms with Gasteiger partial charge < -0.3 is 14.4 Å². The van der Waals surface area contributed by atoms with Crippen molar-refractivity contribution in [3.8, 4) is 17.0 Å². The summed E-state index contributed by atoms with van der Waals surface area (Å²) >= 11 is 0. The van der Waals surface area contributed by atoms with Crippen LogP contribution in [0, 0.1) is 0 Å². The fourth-order valence-electron chi connectivity index (χ4n) is 3.93. The van der Waals surface area contributed by atoms with E-state index in [1.807, 2.05) is 24.7 Å². The van der Waals surface area contributed by atoms with Crippen molar-refractivity contribution < 1.29 is 9.84 Å². The smallest absolute Gasteiger partial charge is 0.122 e. The van der Waals surface area contributed by atoms with Gasteiger partial charge in [0.15, 0.2) is 0 Å². The van der Waals surface area contributed by atoms with Gasteiger partial charge in [-0.2, -0.15) is 0 Å². The SMILES string of the molecule is O[C@@H](C[C@H]1c2ccccc2-c2cncn21)c1ccc2c(c1)CCO2. The number of aliphatic hydroxyl groups excluding tert-OH is 1. The minimum absolute atomic E-state index is 0.123. The Balaban J connectivity index is 1.48. The standard InChI is InChI=1S/C20H18N2O2/c23-19(13-5-6-20-14(9-13)7-8-24-20)10-17-15-3-1-2-4-16(15)18-11-21-12-22(17)18/h1-6,9,11-12,17,19,23H,7-8,10H2/t17-,19-/m0/s1. The monoisotopic (exact) mass is 318 g/mol. The van der Waals surface area contributed by atoms with Gasteiger partial charge in [-0.05, 0) is 28.8 Å². The van der Waals surface area contributed by atoms with E-state index in [2.05, 4.69) is 39.9 Å². The summed E-state index contributed by atoms with van der Waals surface area (Å²) in [6.07, 6.45) is 4.82. The average Bonchev–Trinajstić information content (AvgIpc) is 3.31. The topological polar surface area (TPSA) is 47.3 Å². The van der Waals surface area contributed by atoms with E-state index in [4.69, 9.17) is 4.74 Å². The number of nitrogens with zero attached hydrogens (tertiary/aromatic N) is 2. The normalized spacial score (nSPS) is 18.6. The third-order valence-corrected chi connectivity index (χ3v) is 5.14. The highest BCUT2D eigenvalue weighted by atomic mass is 16.5. The second-order valence-corrected chi connectivity index (χ2v) is 6.51. The van der Waals surface area contributed by atoms with Crippen LogP contribution in [0.2, 0.25) is 0 Å². The molecule has 0 fully saturated rings. The molecule has 0 aliphatic carbocycles. The molecule has 0 bridgehead atoms. The highest BCUT2D eigenvalue weighted by molar-refractivity contribution is 5.68. The molecule has 0 saturated carbocycles. The lowest BCUT2D eigenvalue weighted by Gasteiger charge is -2.19. The van der Waals surface area contributed by atoms with Crippen molar-refractivity contribution in [1.29, 1.82) is 0 Å². The number of aromatic nitrogens is 2. The number of hydrogen-bond donors (Lipinski definition) is 1. The third-order valence-electron chi connectivity index (χ3n) is 5.14. The second kappa shape index (κ2) is 5.21. The summed E-state index contributed by atoms with van der Waals surface area (Å²) in [5.41, 5.74) is 5.77. The Morgan fingerprint density at radius 1 is 1.25 bits per heavy atom. The molecule has 2 atom stereocenters. The van der Waals surface area contributed by atoms with Crippen LogP contribution in [0.15, 0.2) is 55.0 Å². The molecule has 0 spiro atoms. The molecule has 2 aliphatic heterocycles. The quantitative estimate of drug-likeness (QED) is 0.804. The van der Waals surface area contributed by atoms with Crippen LogP contribution >= 0.6 is 0 Å². The largest absolute Gasteiger partial charge is 0.493 e. The highest BCUT2D eigenvalue weighted by Gasteiger charge is 2.30. The van der Waals surface area contributed by atoms with Crippen molar-refractivity contribution in [3.05, 3.63) is 71.7 Å². The predicted molar refractivity (Wildman–Crippen MR) is 91.0 cm³/mol. The van der Waals surface area contributed by atoms with Crippen LogP contribution in [-0.2, 0) is 6.42 Å². The van der Waals surface area contributed by atoms with Crippen molar-refractivity contribution in [2.45, 2.75) is 25.0 Å². The van der Waals surface area contributed by atoms with Gasteiger partial charge in [0.2, 0.25) is 0 Å². The summed E-state index contributed by atoms with van der Waals surface area (Å²) in [7, 11) is 0. The van der Waals surface area contributed by atoms with Crippen LogP contribution < -0.4 is 4.74 Å². The molecule has 0 unspecified atom stereocenters. The summed E-state index contributed by atoms with van der Waals surface area (Å²) in [4.78, 5) is 4.28. The van der Waals surface area contributed by atoms with E-state index in [1.165, 1.54) is 16.7 Å². The number of imidazole rings is 1. The number of rotatable bonds is 3. The van der Waals surface area contributed by atoms with Gasteiger partial charge in [0.25, 0.3) is 0 Å². The molecule has 0 amide bonds. The Hall–Kier alpha value is -2.59. The molecule has 24 heavy (non-hydrogen) atoms. The van der Waals surface area contributed by atoms with Crippen molar-refractivity contribution >= 4 is 0 Å². The maximum absolute atomic E-state index is 10.8. The lowest BCUT2D eigenvalue weighted by atomic mass is 9.95. The van der Waals surface area contributed by atoms with Crippen molar-refractivity contribution in [2.75, 3.05) is 6.61 Å². The summed E-state index contributed by atoms with van der Waals surface area (Å²) < 4.78 is 7.73. The van der Waals surface area contributed by atoms with Gasteiger partial charge in [-0.25, -0.2) is 4.98 Å². The molecule has 2 aliphatic rings. The Labute approximate surface area is 140 Å². The molecule has 1 aromatic heterocycles. The third kappa shape index (κ3) is 2.00. The van der Waals surface area contributed by atoms with Crippen LogP contribution in [0.3, 0.4) is 0 Å². The van der Waals surface area contributed by atoms with Gasteiger partial charge >= 0.3 is 0 Å². The minimum Gasteiger partial charge on any atom is -0.493 e. The maximum Gasteiger partial charge on any atom is 0.122 e. The first kappa shape index (κ1) is 13.8. The Bertz CT molecular complexity index is 916. The van der Waals surface area contributed by atoms with Crippen molar-refractivity contribution in [2.24, 2.45) is 0 Å². The molecule has 3 aromatic rings. The van der Waals surface area contributed by atoms with Gasteiger partial charge in [0, 0.05) is 18.4 Å². The van der Waals surface area contributed by atoms with E-state index >= 15 is 0 Å². The van der Waals surface area contributed by atoms with Crippen molar-refractivity contribution in [3.63, 3.8) is 0 Å². The van der Waals surface area contributed by atoms with Gasteiger partial charge in [-0.1, -0.05) is 30.3 Å². The first-order valence-electron chi connectivity index (χ1n) is 8.36. The molecule has 4 nitrogen and oxygen atoms in total. The second-order valence-electron chi connectivity index (χ2n) is 6.51. The van der Waals surface area contributed by atoms with Crippen LogP contribution in [0.1, 0.15) is 35.3 Å². The van der Waals surface area contributed by atoms with E-state index in [1.54, 1.807) is 0 Å².